The molecule has 7 heteroatoms. The minimum Gasteiger partial charge on any atom is -0.346 e. The zero-order valence-electron chi connectivity index (χ0n) is 10.5. The number of nitrogens with one attached hydrogen (secondary N) is 2. The lowest BCUT2D eigenvalue weighted by molar-refractivity contribution is -0.139. The van der Waals surface area contributed by atoms with Crippen LogP contribution in [0.2, 0.25) is 0 Å². The molecule has 0 aliphatic rings. The average molecular weight is 275 g/mol. The van der Waals surface area contributed by atoms with E-state index in [-0.39, 0.29) is 0 Å². The van der Waals surface area contributed by atoms with Crippen LogP contribution in [0.5, 0.6) is 0 Å². The maximum Gasteiger partial charge on any atom is 0.405 e. The molecule has 4 nitrogen and oxygen atoms in total. The standard InChI is InChI=1S/C12H16F3N3O/c1-9(11(19)18-8-12(13,14)15)17-6-4-10-3-2-5-16-7-10/h2-3,5,7,9,17H,4,6,8H2,1H3,(H,18,19). The van der Waals surface area contributed by atoms with Crippen LogP contribution in [0.3, 0.4) is 0 Å². The summed E-state index contributed by atoms with van der Waals surface area (Å²) in [6.07, 6.45) is -0.365. The van der Waals surface area contributed by atoms with Crippen LogP contribution in [0, 0.1) is 0 Å². The Labute approximate surface area is 109 Å². The smallest absolute Gasteiger partial charge is 0.346 e. The molecule has 0 aromatic carbocycles. The number of hydrogen-bond donors (Lipinski definition) is 2. The van der Waals surface area contributed by atoms with Crippen LogP contribution < -0.4 is 10.6 Å². The van der Waals surface area contributed by atoms with Crippen LogP contribution >= 0.6 is 0 Å². The molecule has 0 radical (unpaired) electrons. The first-order valence-electron chi connectivity index (χ1n) is 5.85. The fraction of sp³-hybridized carbons (Fsp3) is 0.500. The van der Waals surface area contributed by atoms with Gasteiger partial charge in [0.1, 0.15) is 6.54 Å². The Morgan fingerprint density at radius 3 is 2.79 bits per heavy atom. The SMILES string of the molecule is CC(NCCc1cccnc1)C(=O)NCC(F)(F)F. The average Bonchev–Trinajstić information content (AvgIpc) is 2.36. The molecular weight excluding hydrogens is 259 g/mol. The molecule has 1 heterocycles. The van der Waals surface area contributed by atoms with Crippen molar-refractivity contribution in [2.24, 2.45) is 0 Å². The van der Waals surface area contributed by atoms with Gasteiger partial charge in [0.05, 0.1) is 6.04 Å². The summed E-state index contributed by atoms with van der Waals surface area (Å²) in [7, 11) is 0. The van der Waals surface area contributed by atoms with Gasteiger partial charge in [-0.05, 0) is 31.5 Å². The van der Waals surface area contributed by atoms with E-state index in [4.69, 9.17) is 0 Å². The third-order valence-corrected chi connectivity index (χ3v) is 2.44. The van der Waals surface area contributed by atoms with Crippen LogP contribution in [-0.4, -0.2) is 36.2 Å². The highest BCUT2D eigenvalue weighted by Gasteiger charge is 2.28. The Morgan fingerprint density at radius 1 is 1.47 bits per heavy atom. The molecule has 0 fully saturated rings. The normalized spacial score (nSPS) is 13.1. The number of pyridine rings is 1. The number of rotatable bonds is 6. The molecule has 0 saturated carbocycles. The molecule has 1 atom stereocenters. The maximum absolute atomic E-state index is 11.9. The van der Waals surface area contributed by atoms with E-state index in [0.29, 0.717) is 13.0 Å². The minimum absolute atomic E-state index is 0.492. The number of carbonyl (C=O) groups is 1. The number of halogens is 3. The lowest BCUT2D eigenvalue weighted by Gasteiger charge is -2.15. The minimum atomic E-state index is -4.38. The van der Waals surface area contributed by atoms with Gasteiger partial charge in [0.2, 0.25) is 5.91 Å². The molecular formula is C12H16F3N3O. The van der Waals surface area contributed by atoms with Crippen LogP contribution in [0.1, 0.15) is 12.5 Å². The monoisotopic (exact) mass is 275 g/mol. The fourth-order valence-corrected chi connectivity index (χ4v) is 1.41. The summed E-state index contributed by atoms with van der Waals surface area (Å²) < 4.78 is 35.7. The number of hydrogen-bond acceptors (Lipinski definition) is 3. The fourth-order valence-electron chi connectivity index (χ4n) is 1.41. The van der Waals surface area contributed by atoms with Gasteiger partial charge < -0.3 is 10.6 Å². The van der Waals surface area contributed by atoms with Gasteiger partial charge in [0, 0.05) is 12.4 Å². The van der Waals surface area contributed by atoms with Crippen molar-refractivity contribution in [3.05, 3.63) is 30.1 Å². The molecule has 1 rings (SSSR count). The summed E-state index contributed by atoms with van der Waals surface area (Å²) in [4.78, 5) is 15.3. The van der Waals surface area contributed by atoms with Gasteiger partial charge in [-0.25, -0.2) is 0 Å². The molecule has 0 bridgehead atoms. The van der Waals surface area contributed by atoms with Crippen molar-refractivity contribution in [3.8, 4) is 0 Å². The van der Waals surface area contributed by atoms with Gasteiger partial charge in [-0.2, -0.15) is 13.2 Å². The number of amides is 1. The molecule has 1 aromatic rings. The predicted molar refractivity (Wildman–Crippen MR) is 64.5 cm³/mol. The second-order valence-electron chi connectivity index (χ2n) is 4.12. The highest BCUT2D eigenvalue weighted by molar-refractivity contribution is 5.81. The van der Waals surface area contributed by atoms with Gasteiger partial charge in [0.25, 0.3) is 0 Å². The van der Waals surface area contributed by atoms with Crippen molar-refractivity contribution in [1.82, 2.24) is 15.6 Å². The van der Waals surface area contributed by atoms with Crippen molar-refractivity contribution in [2.75, 3.05) is 13.1 Å². The third-order valence-electron chi connectivity index (χ3n) is 2.44. The van der Waals surface area contributed by atoms with Crippen molar-refractivity contribution in [2.45, 2.75) is 25.6 Å². The second-order valence-corrected chi connectivity index (χ2v) is 4.12. The molecule has 0 aliphatic carbocycles. The molecule has 19 heavy (non-hydrogen) atoms. The number of carbonyl (C=O) groups excluding carboxylic acids is 1. The maximum atomic E-state index is 11.9. The molecule has 0 spiro atoms. The highest BCUT2D eigenvalue weighted by Crippen LogP contribution is 2.12. The first kappa shape index (κ1) is 15.4. The third kappa shape index (κ3) is 6.76. The summed E-state index contributed by atoms with van der Waals surface area (Å²) in [5.41, 5.74) is 0.998. The van der Waals surface area contributed by atoms with E-state index in [9.17, 15) is 18.0 Å². The zero-order chi connectivity index (χ0) is 14.3. The summed E-state index contributed by atoms with van der Waals surface area (Å²) in [6, 6.07) is 3.02. The molecule has 106 valence electrons. The van der Waals surface area contributed by atoms with Crippen LogP contribution in [-0.2, 0) is 11.2 Å². The van der Waals surface area contributed by atoms with Crippen molar-refractivity contribution in [1.29, 1.82) is 0 Å². The summed E-state index contributed by atoms with van der Waals surface area (Å²) in [6.45, 7) is 0.710. The van der Waals surface area contributed by atoms with Crippen LogP contribution in [0.4, 0.5) is 13.2 Å². The largest absolute Gasteiger partial charge is 0.405 e. The summed E-state index contributed by atoms with van der Waals surface area (Å²) in [5, 5.41) is 4.69. The molecule has 1 amide bonds. The zero-order valence-corrected chi connectivity index (χ0v) is 10.5. The summed E-state index contributed by atoms with van der Waals surface area (Å²) >= 11 is 0. The predicted octanol–water partition coefficient (Wildman–Crippen LogP) is 1.28. The lowest BCUT2D eigenvalue weighted by atomic mass is 10.2. The molecule has 0 aliphatic heterocycles. The van der Waals surface area contributed by atoms with Crippen molar-refractivity contribution in [3.63, 3.8) is 0 Å². The molecule has 2 N–H and O–H groups in total. The van der Waals surface area contributed by atoms with Crippen molar-refractivity contribution < 1.29 is 18.0 Å². The first-order valence-corrected chi connectivity index (χ1v) is 5.85. The van der Waals surface area contributed by atoms with E-state index in [1.165, 1.54) is 6.92 Å². The van der Waals surface area contributed by atoms with Crippen molar-refractivity contribution >= 4 is 5.91 Å². The van der Waals surface area contributed by atoms with Gasteiger partial charge in [-0.3, -0.25) is 9.78 Å². The van der Waals surface area contributed by atoms with E-state index in [1.54, 1.807) is 18.5 Å². The Kier molecular flexibility index (Phi) is 5.75. The number of nitrogens with zero attached hydrogens (tertiary/aromatic N) is 1. The van der Waals surface area contributed by atoms with E-state index in [1.807, 2.05) is 11.4 Å². The second kappa shape index (κ2) is 7.08. The first-order chi connectivity index (χ1) is 8.88. The van der Waals surface area contributed by atoms with E-state index < -0.39 is 24.7 Å². The number of aromatic nitrogens is 1. The topological polar surface area (TPSA) is 54.0 Å². The molecule has 1 unspecified atom stereocenters. The Morgan fingerprint density at radius 2 is 2.21 bits per heavy atom. The Balaban J connectivity index is 2.23. The van der Waals surface area contributed by atoms with Crippen LogP contribution in [0.25, 0.3) is 0 Å². The Bertz CT molecular complexity index is 395. The molecule has 0 saturated heterocycles. The van der Waals surface area contributed by atoms with E-state index in [0.717, 1.165) is 5.56 Å². The summed E-state index contributed by atoms with van der Waals surface area (Å²) in [5.74, 6) is -0.663. The lowest BCUT2D eigenvalue weighted by Crippen LogP contribution is -2.45. The van der Waals surface area contributed by atoms with Crippen LogP contribution in [0.15, 0.2) is 24.5 Å². The van der Waals surface area contributed by atoms with Gasteiger partial charge in [-0.15, -0.1) is 0 Å². The van der Waals surface area contributed by atoms with E-state index >= 15 is 0 Å². The van der Waals surface area contributed by atoms with Gasteiger partial charge >= 0.3 is 6.18 Å². The quantitative estimate of drug-likeness (QED) is 0.822. The van der Waals surface area contributed by atoms with Gasteiger partial charge in [0.15, 0.2) is 0 Å². The molecule has 1 aromatic heterocycles. The van der Waals surface area contributed by atoms with E-state index in [2.05, 4.69) is 10.3 Å². The highest BCUT2D eigenvalue weighted by atomic mass is 19.4. The number of alkyl halides is 3. The Hall–Kier alpha value is -1.63. The van der Waals surface area contributed by atoms with Gasteiger partial charge in [-0.1, -0.05) is 6.07 Å².